The van der Waals surface area contributed by atoms with Crippen LogP contribution in [0.15, 0.2) is 0 Å². The predicted molar refractivity (Wildman–Crippen MR) is 46.6 cm³/mol. The van der Waals surface area contributed by atoms with E-state index in [9.17, 15) is 21.6 Å². The maximum absolute atomic E-state index is 11.6. The molecule has 0 aliphatic rings. The lowest BCUT2D eigenvalue weighted by Crippen LogP contribution is -2.23. The second-order valence-corrected chi connectivity index (χ2v) is 5.78. The molecule has 0 saturated carbocycles. The molecule has 0 radical (unpaired) electrons. The van der Waals surface area contributed by atoms with Crippen molar-refractivity contribution in [3.8, 4) is 0 Å². The molecule has 0 spiro atoms. The predicted octanol–water partition coefficient (Wildman–Crippen LogP) is 2.21. The largest absolute Gasteiger partial charge is 0.524 e. The van der Waals surface area contributed by atoms with Gasteiger partial charge in [0.25, 0.3) is 0 Å². The Labute approximate surface area is 82.7 Å². The summed E-state index contributed by atoms with van der Waals surface area (Å²) in [6, 6.07) is 0. The zero-order valence-electron chi connectivity index (χ0n) is 6.50. The normalized spacial score (nSPS) is 13.2. The second-order valence-electron chi connectivity index (χ2n) is 1.70. The van der Waals surface area contributed by atoms with Gasteiger partial charge in [0.1, 0.15) is 0 Å². The molecule has 0 saturated heterocycles. The lowest BCUT2D eigenvalue weighted by atomic mass is 11.0. The fourth-order valence-corrected chi connectivity index (χ4v) is 2.50. The highest BCUT2D eigenvalue weighted by Crippen LogP contribution is 2.28. The molecule has 0 aliphatic carbocycles. The first-order chi connectivity index (χ1) is 5.81. The van der Waals surface area contributed by atoms with E-state index in [1.165, 1.54) is 11.8 Å². The van der Waals surface area contributed by atoms with Crippen LogP contribution in [-0.2, 0) is 13.7 Å². The van der Waals surface area contributed by atoms with Gasteiger partial charge in [-0.25, -0.2) is 0 Å². The van der Waals surface area contributed by atoms with Gasteiger partial charge in [0.05, 0.1) is 5.08 Å². The van der Waals surface area contributed by atoms with E-state index in [1.54, 1.807) is 6.92 Å². The summed E-state index contributed by atoms with van der Waals surface area (Å²) in [7, 11) is -5.43. The smallest absolute Gasteiger partial charge is 0.190 e. The summed E-state index contributed by atoms with van der Waals surface area (Å²) in [6.45, 7) is 1.80. The third kappa shape index (κ3) is 4.99. The fourth-order valence-electron chi connectivity index (χ4n) is 0.239. The van der Waals surface area contributed by atoms with Crippen molar-refractivity contribution in [1.82, 2.24) is 0 Å². The Bertz CT molecular complexity index is 235. The van der Waals surface area contributed by atoms with Crippen molar-refractivity contribution < 1.29 is 25.2 Å². The molecule has 0 atom stereocenters. The van der Waals surface area contributed by atoms with E-state index in [-0.39, 0.29) is 17.1 Å². The van der Waals surface area contributed by atoms with Crippen LogP contribution in [0, 0.1) is 0 Å². The molecule has 0 N–H and O–H groups in total. The Hall–Kier alpha value is 0.400. The van der Waals surface area contributed by atoms with Crippen molar-refractivity contribution in [3.05, 3.63) is 0 Å². The van der Waals surface area contributed by atoms with Gasteiger partial charge >= 0.3 is 15.6 Å². The zero-order valence-corrected chi connectivity index (χ0v) is 8.95. The van der Waals surface area contributed by atoms with Crippen molar-refractivity contribution >= 4 is 33.9 Å². The van der Waals surface area contributed by atoms with Crippen LogP contribution in [0.2, 0.25) is 0 Å². The van der Waals surface area contributed by atoms with E-state index in [2.05, 4.69) is 3.63 Å². The van der Waals surface area contributed by atoms with Crippen molar-refractivity contribution in [2.75, 3.05) is 10.8 Å². The van der Waals surface area contributed by atoms with E-state index in [0.29, 0.717) is 5.75 Å². The average molecular weight is 256 g/mol. The fraction of sp³-hybridized carbons (Fsp3) is 1.00. The third-order valence-corrected chi connectivity index (χ3v) is 3.89. The van der Waals surface area contributed by atoms with Crippen LogP contribution in [-0.4, -0.2) is 24.8 Å². The molecule has 0 unspecified atom stereocenters. The Morgan fingerprint density at radius 3 is 2.31 bits per heavy atom. The van der Waals surface area contributed by atoms with Gasteiger partial charge in [-0.15, -0.1) is 11.8 Å². The molecule has 0 aromatic rings. The molecule has 13 heavy (non-hydrogen) atoms. The number of halogens is 3. The maximum Gasteiger partial charge on any atom is 0.524 e. The average Bonchev–Trinajstić information content (AvgIpc) is 1.96. The summed E-state index contributed by atoms with van der Waals surface area (Å²) in [5, 5.41) is 0.145. The molecular weight excluding hydrogens is 249 g/mol. The number of hydrogen-bond donors (Lipinski definition) is 0. The van der Waals surface area contributed by atoms with Gasteiger partial charge in [-0.05, 0) is 5.75 Å². The monoisotopic (exact) mass is 256 g/mol. The minimum absolute atomic E-state index is 0.145. The van der Waals surface area contributed by atoms with E-state index in [1.807, 2.05) is 0 Å². The molecule has 0 bridgehead atoms. The van der Waals surface area contributed by atoms with Crippen molar-refractivity contribution in [2.45, 2.75) is 12.4 Å². The van der Waals surface area contributed by atoms with Gasteiger partial charge in [-0.2, -0.15) is 25.2 Å². The Kier molecular flexibility index (Phi) is 5.49. The molecule has 0 aromatic heterocycles. The quantitative estimate of drug-likeness (QED) is 0.326. The van der Waals surface area contributed by atoms with Crippen LogP contribution >= 0.6 is 23.8 Å². The summed E-state index contributed by atoms with van der Waals surface area (Å²) in [5.41, 5.74) is -5.34. The molecule has 0 amide bonds. The van der Waals surface area contributed by atoms with E-state index >= 15 is 0 Å². The molecule has 0 fully saturated rings. The molecule has 9 heteroatoms. The van der Waals surface area contributed by atoms with Crippen LogP contribution in [0.25, 0.3) is 0 Å². The number of hydrogen-bond acceptors (Lipinski definition) is 5. The highest BCUT2D eigenvalue weighted by atomic mass is 32.3. The topological polar surface area (TPSA) is 43.4 Å². The lowest BCUT2D eigenvalue weighted by molar-refractivity contribution is -0.0493. The Balaban J connectivity index is 3.92. The molecule has 0 rings (SSSR count). The van der Waals surface area contributed by atoms with Crippen molar-refractivity contribution in [1.29, 1.82) is 0 Å². The molecule has 0 aromatic carbocycles. The van der Waals surface area contributed by atoms with Gasteiger partial charge in [0.2, 0.25) is 0 Å². The minimum Gasteiger partial charge on any atom is -0.190 e. The number of alkyl halides is 3. The van der Waals surface area contributed by atoms with Crippen molar-refractivity contribution in [2.24, 2.45) is 0 Å². The molecular formula is C4H7F3O3S3. The summed E-state index contributed by atoms with van der Waals surface area (Å²) in [4.78, 5) is 0. The minimum atomic E-state index is -5.43. The van der Waals surface area contributed by atoms with Crippen molar-refractivity contribution in [3.63, 3.8) is 0 Å². The van der Waals surface area contributed by atoms with Gasteiger partial charge in [0.15, 0.2) is 0 Å². The number of rotatable bonds is 5. The highest BCUT2D eigenvalue weighted by molar-refractivity contribution is 8.16. The first-order valence-corrected chi connectivity index (χ1v) is 6.48. The molecule has 0 aliphatic heterocycles. The standard InChI is InChI=1S/C4H7F3O3S3/c1-2-11-3-12-10-13(8,9)4(5,6)7/h2-3H2,1H3. The molecule has 3 nitrogen and oxygen atoms in total. The Morgan fingerprint density at radius 1 is 1.38 bits per heavy atom. The molecule has 80 valence electrons. The summed E-state index contributed by atoms with van der Waals surface area (Å²) >= 11 is 1.53. The summed E-state index contributed by atoms with van der Waals surface area (Å²) in [5.74, 6) is 0.683. The van der Waals surface area contributed by atoms with E-state index in [4.69, 9.17) is 0 Å². The second kappa shape index (κ2) is 5.32. The number of thioether (sulfide) groups is 1. The van der Waals surface area contributed by atoms with Crippen LogP contribution in [0.4, 0.5) is 13.2 Å². The Morgan fingerprint density at radius 2 is 1.92 bits per heavy atom. The van der Waals surface area contributed by atoms with Crippen LogP contribution in [0.1, 0.15) is 6.92 Å². The lowest BCUT2D eigenvalue weighted by Gasteiger charge is -2.05. The first-order valence-electron chi connectivity index (χ1n) is 3.01. The summed E-state index contributed by atoms with van der Waals surface area (Å²) < 4.78 is 58.9. The van der Waals surface area contributed by atoms with E-state index < -0.39 is 15.6 Å². The van der Waals surface area contributed by atoms with Crippen LogP contribution < -0.4 is 0 Å². The third-order valence-electron chi connectivity index (χ3n) is 0.757. The zero-order chi connectivity index (χ0) is 10.5. The SMILES string of the molecule is CCSCSOS(=O)(=O)C(F)(F)F. The maximum atomic E-state index is 11.6. The molecule has 0 heterocycles. The van der Waals surface area contributed by atoms with Crippen LogP contribution in [0.3, 0.4) is 0 Å². The van der Waals surface area contributed by atoms with Gasteiger partial charge in [-0.1, -0.05) is 6.92 Å². The van der Waals surface area contributed by atoms with Gasteiger partial charge in [0, 0.05) is 12.0 Å². The van der Waals surface area contributed by atoms with Crippen LogP contribution in [0.5, 0.6) is 0 Å². The van der Waals surface area contributed by atoms with E-state index in [0.717, 1.165) is 0 Å². The first kappa shape index (κ1) is 13.4. The van der Waals surface area contributed by atoms with Gasteiger partial charge < -0.3 is 0 Å². The highest BCUT2D eigenvalue weighted by Gasteiger charge is 2.47. The summed E-state index contributed by atoms with van der Waals surface area (Å²) in [6.07, 6.45) is 0. The van der Waals surface area contributed by atoms with Gasteiger partial charge in [-0.3, -0.25) is 0 Å².